The number of aryl methyl sites for hydroxylation is 2. The molecule has 0 aromatic heterocycles. The van der Waals surface area contributed by atoms with E-state index in [0.29, 0.717) is 18.0 Å². The molecule has 0 spiro atoms. The first-order valence-corrected chi connectivity index (χ1v) is 9.36. The van der Waals surface area contributed by atoms with Crippen molar-refractivity contribution in [3.8, 4) is 0 Å². The van der Waals surface area contributed by atoms with Crippen LogP contribution in [-0.4, -0.2) is 33.5 Å². The second kappa shape index (κ2) is 7.45. The Bertz CT molecular complexity index is 557. The number of rotatable bonds is 7. The van der Waals surface area contributed by atoms with Gasteiger partial charge in [-0.3, -0.25) is 0 Å². The summed E-state index contributed by atoms with van der Waals surface area (Å²) in [6.45, 7) is 6.94. The predicted octanol–water partition coefficient (Wildman–Crippen LogP) is 2.05. The summed E-state index contributed by atoms with van der Waals surface area (Å²) in [4.78, 5) is 0.377. The summed E-state index contributed by atoms with van der Waals surface area (Å²) in [5.41, 5.74) is 2.90. The minimum Gasteiger partial charge on any atom is -0.316 e. The zero-order valence-corrected chi connectivity index (χ0v) is 14.4. The Morgan fingerprint density at radius 1 is 1.25 bits per heavy atom. The van der Waals surface area contributed by atoms with Crippen LogP contribution in [0.4, 0.5) is 0 Å². The van der Waals surface area contributed by atoms with Gasteiger partial charge in [0.25, 0.3) is 0 Å². The number of benzene rings is 1. The Labute approximate surface area is 126 Å². The van der Waals surface area contributed by atoms with Gasteiger partial charge in [-0.2, -0.15) is 11.8 Å². The lowest BCUT2D eigenvalue weighted by atomic mass is 10.1. The molecule has 0 saturated carbocycles. The van der Waals surface area contributed by atoms with Crippen LogP contribution in [0.3, 0.4) is 0 Å². The first kappa shape index (κ1) is 17.5. The van der Waals surface area contributed by atoms with E-state index in [9.17, 15) is 8.42 Å². The van der Waals surface area contributed by atoms with Gasteiger partial charge in [-0.15, -0.1) is 0 Å². The SMILES string of the molecule is CNCc1cc(S(=O)(=O)NCC(C)SC)c(C)cc1C. The molecule has 0 fully saturated rings. The van der Waals surface area contributed by atoms with E-state index in [4.69, 9.17) is 0 Å². The fraction of sp³-hybridized carbons (Fsp3) is 0.571. The monoisotopic (exact) mass is 316 g/mol. The van der Waals surface area contributed by atoms with Crippen LogP contribution in [0.1, 0.15) is 23.6 Å². The van der Waals surface area contributed by atoms with Gasteiger partial charge in [-0.25, -0.2) is 13.1 Å². The summed E-state index contributed by atoms with van der Waals surface area (Å²) in [6, 6.07) is 3.70. The van der Waals surface area contributed by atoms with E-state index in [1.807, 2.05) is 40.1 Å². The normalized spacial score (nSPS) is 13.4. The maximum atomic E-state index is 12.4. The van der Waals surface area contributed by atoms with Gasteiger partial charge in [0.2, 0.25) is 10.0 Å². The molecule has 0 amide bonds. The third-order valence-electron chi connectivity index (χ3n) is 3.25. The fourth-order valence-corrected chi connectivity index (χ4v) is 3.69. The van der Waals surface area contributed by atoms with Crippen molar-refractivity contribution in [3.63, 3.8) is 0 Å². The average molecular weight is 316 g/mol. The smallest absolute Gasteiger partial charge is 0.240 e. The van der Waals surface area contributed by atoms with Crippen LogP contribution in [0.15, 0.2) is 17.0 Å². The van der Waals surface area contributed by atoms with Crippen LogP contribution in [0.5, 0.6) is 0 Å². The molecule has 1 unspecified atom stereocenters. The first-order valence-electron chi connectivity index (χ1n) is 6.59. The van der Waals surface area contributed by atoms with E-state index in [2.05, 4.69) is 10.0 Å². The van der Waals surface area contributed by atoms with Gasteiger partial charge in [0.05, 0.1) is 4.90 Å². The molecule has 0 heterocycles. The van der Waals surface area contributed by atoms with Crippen molar-refractivity contribution in [3.05, 3.63) is 28.8 Å². The lowest BCUT2D eigenvalue weighted by Gasteiger charge is -2.15. The standard InChI is InChI=1S/C14H24N2O2S2/c1-10-6-11(2)14(7-13(10)9-15-4)20(17,18)16-8-12(3)19-5/h6-7,12,15-16H,8-9H2,1-5H3. The number of thioether (sulfide) groups is 1. The van der Waals surface area contributed by atoms with Gasteiger partial charge >= 0.3 is 0 Å². The topological polar surface area (TPSA) is 58.2 Å². The molecule has 20 heavy (non-hydrogen) atoms. The minimum atomic E-state index is -3.44. The number of hydrogen-bond acceptors (Lipinski definition) is 4. The minimum absolute atomic E-state index is 0.257. The zero-order chi connectivity index (χ0) is 15.3. The van der Waals surface area contributed by atoms with E-state index in [1.54, 1.807) is 17.8 Å². The third-order valence-corrected chi connectivity index (χ3v) is 5.79. The largest absolute Gasteiger partial charge is 0.316 e. The number of sulfonamides is 1. The van der Waals surface area contributed by atoms with Gasteiger partial charge in [-0.1, -0.05) is 13.0 Å². The second-order valence-electron chi connectivity index (χ2n) is 4.97. The Kier molecular flexibility index (Phi) is 6.51. The van der Waals surface area contributed by atoms with Crippen molar-refractivity contribution in [1.29, 1.82) is 0 Å². The van der Waals surface area contributed by atoms with Crippen molar-refractivity contribution < 1.29 is 8.42 Å². The quantitative estimate of drug-likeness (QED) is 0.808. The maximum Gasteiger partial charge on any atom is 0.240 e. The van der Waals surface area contributed by atoms with Crippen LogP contribution in [0, 0.1) is 13.8 Å². The van der Waals surface area contributed by atoms with E-state index in [0.717, 1.165) is 16.7 Å². The Morgan fingerprint density at radius 2 is 1.90 bits per heavy atom. The first-order chi connectivity index (χ1) is 9.31. The molecule has 1 aromatic rings. The molecule has 1 atom stereocenters. The number of hydrogen-bond donors (Lipinski definition) is 2. The lowest BCUT2D eigenvalue weighted by molar-refractivity contribution is 0.580. The molecule has 0 aliphatic heterocycles. The van der Waals surface area contributed by atoms with Crippen molar-refractivity contribution in [2.24, 2.45) is 0 Å². The number of nitrogens with one attached hydrogen (secondary N) is 2. The van der Waals surface area contributed by atoms with Crippen LogP contribution in [-0.2, 0) is 16.6 Å². The molecule has 0 saturated heterocycles. The molecule has 0 aliphatic carbocycles. The molecule has 114 valence electrons. The predicted molar refractivity (Wildman–Crippen MR) is 86.8 cm³/mol. The molecule has 6 heteroatoms. The lowest BCUT2D eigenvalue weighted by Crippen LogP contribution is -2.30. The molecule has 0 radical (unpaired) electrons. The van der Waals surface area contributed by atoms with Gasteiger partial charge in [0.1, 0.15) is 0 Å². The van der Waals surface area contributed by atoms with E-state index in [-0.39, 0.29) is 5.25 Å². The Morgan fingerprint density at radius 3 is 2.45 bits per heavy atom. The molecule has 0 bridgehead atoms. The summed E-state index contributed by atoms with van der Waals surface area (Å²) in [5.74, 6) is 0. The summed E-state index contributed by atoms with van der Waals surface area (Å²) in [6.07, 6.45) is 1.97. The van der Waals surface area contributed by atoms with Gasteiger partial charge in [-0.05, 0) is 49.9 Å². The molecular formula is C14H24N2O2S2. The molecule has 4 nitrogen and oxygen atoms in total. The van der Waals surface area contributed by atoms with Crippen LogP contribution in [0.2, 0.25) is 0 Å². The highest BCUT2D eigenvalue weighted by molar-refractivity contribution is 7.99. The molecular weight excluding hydrogens is 292 g/mol. The highest BCUT2D eigenvalue weighted by atomic mass is 32.2. The fourth-order valence-electron chi connectivity index (χ4n) is 1.93. The van der Waals surface area contributed by atoms with Crippen LogP contribution in [0.25, 0.3) is 0 Å². The summed E-state index contributed by atoms with van der Waals surface area (Å²) < 4.78 is 27.5. The average Bonchev–Trinajstić information content (AvgIpc) is 2.39. The summed E-state index contributed by atoms with van der Waals surface area (Å²) >= 11 is 1.64. The van der Waals surface area contributed by atoms with Gasteiger partial charge < -0.3 is 5.32 Å². The Hall–Kier alpha value is -0.560. The van der Waals surface area contributed by atoms with Crippen LogP contribution < -0.4 is 10.0 Å². The second-order valence-corrected chi connectivity index (χ2v) is 7.98. The van der Waals surface area contributed by atoms with Crippen molar-refractivity contribution in [2.75, 3.05) is 19.8 Å². The van der Waals surface area contributed by atoms with Gasteiger partial charge in [0, 0.05) is 18.3 Å². The molecule has 2 N–H and O–H groups in total. The maximum absolute atomic E-state index is 12.4. The highest BCUT2D eigenvalue weighted by Gasteiger charge is 2.19. The molecule has 1 aromatic carbocycles. The summed E-state index contributed by atoms with van der Waals surface area (Å²) in [5, 5.41) is 3.32. The zero-order valence-electron chi connectivity index (χ0n) is 12.8. The Balaban J connectivity index is 3.08. The van der Waals surface area contributed by atoms with Gasteiger partial charge in [0.15, 0.2) is 0 Å². The molecule has 1 rings (SSSR count). The van der Waals surface area contributed by atoms with Crippen molar-refractivity contribution in [1.82, 2.24) is 10.0 Å². The van der Waals surface area contributed by atoms with E-state index < -0.39 is 10.0 Å². The van der Waals surface area contributed by atoms with Crippen LogP contribution >= 0.6 is 11.8 Å². The van der Waals surface area contributed by atoms with E-state index >= 15 is 0 Å². The van der Waals surface area contributed by atoms with Crippen molar-refractivity contribution in [2.45, 2.75) is 37.5 Å². The summed E-state index contributed by atoms with van der Waals surface area (Å²) in [7, 11) is -1.59. The highest BCUT2D eigenvalue weighted by Crippen LogP contribution is 2.20. The third kappa shape index (κ3) is 4.48. The van der Waals surface area contributed by atoms with Crippen molar-refractivity contribution >= 4 is 21.8 Å². The van der Waals surface area contributed by atoms with E-state index in [1.165, 1.54) is 0 Å². The molecule has 0 aliphatic rings.